The number of hydrogen-bond acceptors (Lipinski definition) is 3. The summed E-state index contributed by atoms with van der Waals surface area (Å²) in [5, 5.41) is 2.83. The van der Waals surface area contributed by atoms with Gasteiger partial charge < -0.3 is 15.8 Å². The highest BCUT2D eigenvalue weighted by molar-refractivity contribution is 5.91. The molecule has 0 saturated heterocycles. The van der Waals surface area contributed by atoms with Crippen LogP contribution in [0, 0.1) is 18.8 Å². The third-order valence-electron chi connectivity index (χ3n) is 4.02. The van der Waals surface area contributed by atoms with E-state index in [-0.39, 0.29) is 12.5 Å². The van der Waals surface area contributed by atoms with Crippen LogP contribution in [-0.2, 0) is 9.53 Å². The molecule has 0 aliphatic heterocycles. The third kappa shape index (κ3) is 4.32. The van der Waals surface area contributed by atoms with Gasteiger partial charge in [0, 0.05) is 5.69 Å². The van der Waals surface area contributed by atoms with Gasteiger partial charge in [0.15, 0.2) is 0 Å². The Bertz CT molecular complexity index is 431. The van der Waals surface area contributed by atoms with Crippen LogP contribution in [-0.4, -0.2) is 25.7 Å². The molecule has 3 N–H and O–H groups in total. The maximum atomic E-state index is 11.8. The van der Waals surface area contributed by atoms with Gasteiger partial charge in [0.1, 0.15) is 6.61 Å². The van der Waals surface area contributed by atoms with Gasteiger partial charge in [-0.2, -0.15) is 0 Å². The van der Waals surface area contributed by atoms with E-state index in [1.54, 1.807) is 0 Å². The second kappa shape index (κ2) is 7.41. The predicted octanol–water partition coefficient (Wildman–Crippen LogP) is 2.33. The molecule has 0 heterocycles. The summed E-state index contributed by atoms with van der Waals surface area (Å²) in [7, 11) is 0. The van der Waals surface area contributed by atoms with Crippen molar-refractivity contribution in [1.82, 2.24) is 0 Å². The van der Waals surface area contributed by atoms with Gasteiger partial charge in [-0.1, -0.05) is 24.1 Å². The van der Waals surface area contributed by atoms with Crippen LogP contribution in [0.1, 0.15) is 24.8 Å². The van der Waals surface area contributed by atoms with Crippen molar-refractivity contribution < 1.29 is 9.53 Å². The Hall–Kier alpha value is -1.39. The third-order valence-corrected chi connectivity index (χ3v) is 4.02. The second-order valence-electron chi connectivity index (χ2n) is 5.62. The lowest BCUT2D eigenvalue weighted by Crippen LogP contribution is -2.25. The highest BCUT2D eigenvalue weighted by atomic mass is 16.5. The molecule has 0 bridgehead atoms. The summed E-state index contributed by atoms with van der Waals surface area (Å²) < 4.78 is 5.54. The molecule has 1 saturated carbocycles. The molecule has 1 aromatic carbocycles. The van der Waals surface area contributed by atoms with Gasteiger partial charge in [0.25, 0.3) is 0 Å². The van der Waals surface area contributed by atoms with E-state index in [1.165, 1.54) is 24.8 Å². The minimum absolute atomic E-state index is 0.101. The van der Waals surface area contributed by atoms with Gasteiger partial charge in [0.05, 0.1) is 6.61 Å². The monoisotopic (exact) mass is 276 g/mol. The van der Waals surface area contributed by atoms with Crippen LogP contribution in [0.15, 0.2) is 24.3 Å². The number of nitrogens with two attached hydrogens (primary N) is 1. The second-order valence-corrected chi connectivity index (χ2v) is 5.62. The molecule has 1 fully saturated rings. The van der Waals surface area contributed by atoms with Crippen molar-refractivity contribution in [1.29, 1.82) is 0 Å². The summed E-state index contributed by atoms with van der Waals surface area (Å²) >= 11 is 0. The SMILES string of the molecule is Cc1ccc(NC(=O)COCC2CCCC2CN)cc1. The van der Waals surface area contributed by atoms with E-state index in [1.807, 2.05) is 31.2 Å². The molecular weight excluding hydrogens is 252 g/mol. The molecule has 1 aliphatic rings. The van der Waals surface area contributed by atoms with Crippen LogP contribution < -0.4 is 11.1 Å². The van der Waals surface area contributed by atoms with Crippen molar-refractivity contribution in [2.75, 3.05) is 25.1 Å². The van der Waals surface area contributed by atoms with Crippen LogP contribution in [0.3, 0.4) is 0 Å². The first-order chi connectivity index (χ1) is 9.69. The minimum atomic E-state index is -0.101. The highest BCUT2D eigenvalue weighted by Crippen LogP contribution is 2.30. The number of amides is 1. The van der Waals surface area contributed by atoms with E-state index in [0.29, 0.717) is 18.4 Å². The van der Waals surface area contributed by atoms with Crippen molar-refractivity contribution in [2.45, 2.75) is 26.2 Å². The van der Waals surface area contributed by atoms with Crippen LogP contribution in [0.4, 0.5) is 5.69 Å². The minimum Gasteiger partial charge on any atom is -0.371 e. The number of ether oxygens (including phenoxy) is 1. The molecule has 2 atom stereocenters. The summed E-state index contributed by atoms with van der Waals surface area (Å²) in [5.74, 6) is 0.985. The standard InChI is InChI=1S/C16H24N2O2/c1-12-5-7-15(8-6-12)18-16(19)11-20-10-14-4-2-3-13(14)9-17/h5-8,13-14H,2-4,9-11,17H2,1H3,(H,18,19). The zero-order chi connectivity index (χ0) is 14.4. The van der Waals surface area contributed by atoms with E-state index < -0.39 is 0 Å². The van der Waals surface area contributed by atoms with Crippen LogP contribution >= 0.6 is 0 Å². The fourth-order valence-electron chi connectivity index (χ4n) is 2.78. The molecule has 20 heavy (non-hydrogen) atoms. The maximum Gasteiger partial charge on any atom is 0.250 e. The number of carbonyl (C=O) groups is 1. The number of aryl methyl sites for hydroxylation is 1. The van der Waals surface area contributed by atoms with E-state index in [2.05, 4.69) is 5.32 Å². The molecule has 1 amide bonds. The lowest BCUT2D eigenvalue weighted by Gasteiger charge is -2.17. The predicted molar refractivity (Wildman–Crippen MR) is 80.5 cm³/mol. The van der Waals surface area contributed by atoms with Gasteiger partial charge in [-0.25, -0.2) is 0 Å². The molecule has 2 unspecified atom stereocenters. The summed E-state index contributed by atoms with van der Waals surface area (Å²) in [4.78, 5) is 11.8. The summed E-state index contributed by atoms with van der Waals surface area (Å²) in [6.45, 7) is 3.50. The first-order valence-corrected chi connectivity index (χ1v) is 7.33. The van der Waals surface area contributed by atoms with Gasteiger partial charge in [-0.15, -0.1) is 0 Å². The fourth-order valence-corrected chi connectivity index (χ4v) is 2.78. The summed E-state index contributed by atoms with van der Waals surface area (Å²) in [6, 6.07) is 7.74. The normalized spacial score (nSPS) is 21.9. The van der Waals surface area contributed by atoms with Crippen molar-refractivity contribution >= 4 is 11.6 Å². The molecule has 4 heteroatoms. The Morgan fingerprint density at radius 3 is 2.70 bits per heavy atom. The molecule has 2 rings (SSSR count). The lowest BCUT2D eigenvalue weighted by atomic mass is 9.97. The largest absolute Gasteiger partial charge is 0.371 e. The van der Waals surface area contributed by atoms with Gasteiger partial charge in [-0.05, 0) is 50.3 Å². The number of carbonyl (C=O) groups excluding carboxylic acids is 1. The Morgan fingerprint density at radius 2 is 2.00 bits per heavy atom. The molecule has 4 nitrogen and oxygen atoms in total. The quantitative estimate of drug-likeness (QED) is 0.838. The molecule has 1 aromatic rings. The van der Waals surface area contributed by atoms with E-state index in [0.717, 1.165) is 12.2 Å². The van der Waals surface area contributed by atoms with Crippen LogP contribution in [0.25, 0.3) is 0 Å². The van der Waals surface area contributed by atoms with E-state index in [9.17, 15) is 4.79 Å². The molecular formula is C16H24N2O2. The molecule has 0 spiro atoms. The van der Waals surface area contributed by atoms with Crippen molar-refractivity contribution in [3.05, 3.63) is 29.8 Å². The zero-order valence-electron chi connectivity index (χ0n) is 12.1. The number of hydrogen-bond donors (Lipinski definition) is 2. The Kier molecular flexibility index (Phi) is 5.56. The molecule has 1 aliphatic carbocycles. The van der Waals surface area contributed by atoms with Gasteiger partial charge in [-0.3, -0.25) is 4.79 Å². The molecule has 110 valence electrons. The number of rotatable bonds is 6. The van der Waals surface area contributed by atoms with Crippen LogP contribution in [0.5, 0.6) is 0 Å². The fraction of sp³-hybridized carbons (Fsp3) is 0.562. The van der Waals surface area contributed by atoms with Crippen LogP contribution in [0.2, 0.25) is 0 Å². The Morgan fingerprint density at radius 1 is 1.30 bits per heavy atom. The van der Waals surface area contributed by atoms with E-state index >= 15 is 0 Å². The van der Waals surface area contributed by atoms with Gasteiger partial charge in [0.2, 0.25) is 5.91 Å². The first kappa shape index (κ1) is 15.0. The zero-order valence-corrected chi connectivity index (χ0v) is 12.1. The average molecular weight is 276 g/mol. The topological polar surface area (TPSA) is 64.3 Å². The Labute approximate surface area is 120 Å². The number of nitrogens with one attached hydrogen (secondary N) is 1. The van der Waals surface area contributed by atoms with E-state index in [4.69, 9.17) is 10.5 Å². The highest BCUT2D eigenvalue weighted by Gasteiger charge is 2.26. The summed E-state index contributed by atoms with van der Waals surface area (Å²) in [5.41, 5.74) is 7.72. The van der Waals surface area contributed by atoms with Gasteiger partial charge >= 0.3 is 0 Å². The summed E-state index contributed by atoms with van der Waals surface area (Å²) in [6.07, 6.45) is 3.59. The van der Waals surface area contributed by atoms with Crippen molar-refractivity contribution in [3.8, 4) is 0 Å². The maximum absolute atomic E-state index is 11.8. The van der Waals surface area contributed by atoms with Crippen molar-refractivity contribution in [2.24, 2.45) is 17.6 Å². The van der Waals surface area contributed by atoms with Crippen molar-refractivity contribution in [3.63, 3.8) is 0 Å². The lowest BCUT2D eigenvalue weighted by molar-refractivity contribution is -0.121. The number of benzene rings is 1. The Balaban J connectivity index is 1.69. The molecule has 0 aromatic heterocycles. The smallest absolute Gasteiger partial charge is 0.250 e. The average Bonchev–Trinajstić information content (AvgIpc) is 2.89. The number of anilines is 1. The molecule has 0 radical (unpaired) electrons. The first-order valence-electron chi connectivity index (χ1n) is 7.33.